The summed E-state index contributed by atoms with van der Waals surface area (Å²) in [5.41, 5.74) is 2.07. The van der Waals surface area contributed by atoms with E-state index in [4.69, 9.17) is 9.47 Å². The number of Topliss-reactive ketones (excluding diaryl/α,β-unsaturated/α-hetero) is 1. The van der Waals surface area contributed by atoms with Crippen molar-refractivity contribution in [2.24, 2.45) is 0 Å². The maximum atomic E-state index is 12.8. The van der Waals surface area contributed by atoms with Crippen molar-refractivity contribution < 1.29 is 22.7 Å². The second kappa shape index (κ2) is 6.42. The molecule has 8 heteroatoms. The van der Waals surface area contributed by atoms with Crippen LogP contribution in [0.15, 0.2) is 42.4 Å². The number of rotatable bonds is 2. The van der Waals surface area contributed by atoms with E-state index in [9.17, 15) is 13.2 Å². The topological polar surface area (TPSA) is 85.8 Å². The highest BCUT2D eigenvalue weighted by Gasteiger charge is 2.38. The molecule has 1 saturated heterocycles. The molecule has 1 fully saturated rings. The molecule has 0 radical (unpaired) electrons. The van der Waals surface area contributed by atoms with E-state index in [1.54, 1.807) is 36.7 Å². The first kappa shape index (κ1) is 17.4. The maximum absolute atomic E-state index is 12.8. The van der Waals surface area contributed by atoms with Gasteiger partial charge in [-0.1, -0.05) is 6.07 Å². The number of hydrogen-bond acceptors (Lipinski definition) is 7. The molecule has 5 rings (SSSR count). The Morgan fingerprint density at radius 1 is 1.25 bits per heavy atom. The highest BCUT2D eigenvalue weighted by Crippen LogP contribution is 2.42. The smallest absolute Gasteiger partial charge is 0.231 e. The van der Waals surface area contributed by atoms with Crippen molar-refractivity contribution in [3.8, 4) is 11.5 Å². The molecule has 3 aliphatic rings. The Morgan fingerprint density at radius 3 is 2.89 bits per heavy atom. The standard InChI is InChI=1S/C20H18N2O5S/c23-19-15-3-4-17-16(10-22(12-26-17)14-5-7-28(24,25)11-14)20(15)27-18(19)8-13-2-1-6-21-9-13/h1-4,6,8-9,14H,5,7,10-12H2/b18-8+. The molecule has 2 aromatic rings. The molecule has 4 heterocycles. The molecule has 144 valence electrons. The van der Waals surface area contributed by atoms with Gasteiger partial charge in [-0.05, 0) is 36.3 Å². The number of ketones is 1. The second-order valence-electron chi connectivity index (χ2n) is 7.22. The van der Waals surface area contributed by atoms with Gasteiger partial charge in [0.1, 0.15) is 18.2 Å². The van der Waals surface area contributed by atoms with Crippen LogP contribution in [0.25, 0.3) is 6.08 Å². The predicted molar refractivity (Wildman–Crippen MR) is 102 cm³/mol. The van der Waals surface area contributed by atoms with E-state index < -0.39 is 9.84 Å². The first-order valence-corrected chi connectivity index (χ1v) is 10.9. The number of benzene rings is 1. The zero-order valence-electron chi connectivity index (χ0n) is 15.0. The first-order chi connectivity index (χ1) is 13.5. The van der Waals surface area contributed by atoms with Gasteiger partial charge < -0.3 is 9.47 Å². The van der Waals surface area contributed by atoms with Gasteiger partial charge in [-0.25, -0.2) is 8.42 Å². The minimum Gasteiger partial charge on any atom is -0.478 e. The lowest BCUT2D eigenvalue weighted by Crippen LogP contribution is -2.41. The molecule has 7 nitrogen and oxygen atoms in total. The minimum absolute atomic E-state index is 0.0727. The number of ether oxygens (including phenoxy) is 2. The Morgan fingerprint density at radius 2 is 2.14 bits per heavy atom. The lowest BCUT2D eigenvalue weighted by atomic mass is 10.0. The molecule has 1 unspecified atom stereocenters. The SMILES string of the molecule is O=C1/C(=C\c2cccnc2)Oc2c1ccc1c2CN(C2CCS(=O)(=O)C2)CO1. The average molecular weight is 398 g/mol. The van der Waals surface area contributed by atoms with E-state index in [1.165, 1.54) is 0 Å². The molecule has 0 N–H and O–H groups in total. The molecule has 28 heavy (non-hydrogen) atoms. The monoisotopic (exact) mass is 398 g/mol. The maximum Gasteiger partial charge on any atom is 0.231 e. The van der Waals surface area contributed by atoms with Crippen molar-refractivity contribution in [3.63, 3.8) is 0 Å². The number of sulfone groups is 1. The highest BCUT2D eigenvalue weighted by molar-refractivity contribution is 7.91. The average Bonchev–Trinajstić information content (AvgIpc) is 3.22. The van der Waals surface area contributed by atoms with Crippen molar-refractivity contribution in [1.29, 1.82) is 0 Å². The van der Waals surface area contributed by atoms with Crippen LogP contribution >= 0.6 is 0 Å². The highest BCUT2D eigenvalue weighted by atomic mass is 32.2. The van der Waals surface area contributed by atoms with Crippen LogP contribution in [0.2, 0.25) is 0 Å². The van der Waals surface area contributed by atoms with Crippen molar-refractivity contribution in [1.82, 2.24) is 9.88 Å². The summed E-state index contributed by atoms with van der Waals surface area (Å²) in [7, 11) is -2.98. The van der Waals surface area contributed by atoms with Crippen molar-refractivity contribution in [3.05, 3.63) is 59.1 Å². The second-order valence-corrected chi connectivity index (χ2v) is 9.45. The number of pyridine rings is 1. The lowest BCUT2D eigenvalue weighted by molar-refractivity contribution is 0.0634. The fraction of sp³-hybridized carbons (Fsp3) is 0.300. The van der Waals surface area contributed by atoms with Gasteiger partial charge in [0.05, 0.1) is 22.6 Å². The third-order valence-electron chi connectivity index (χ3n) is 5.35. The number of fused-ring (bicyclic) bond motifs is 3. The Kier molecular flexibility index (Phi) is 3.99. The zero-order chi connectivity index (χ0) is 19.3. The number of allylic oxidation sites excluding steroid dienone is 1. The molecule has 1 atom stereocenters. The number of carbonyl (C=O) groups is 1. The summed E-state index contributed by atoms with van der Waals surface area (Å²) in [5.74, 6) is 1.60. The molecule has 1 aromatic carbocycles. The molecule has 0 amide bonds. The number of carbonyl (C=O) groups excluding carboxylic acids is 1. The van der Waals surface area contributed by atoms with Crippen LogP contribution in [0.5, 0.6) is 11.5 Å². The van der Waals surface area contributed by atoms with Gasteiger partial charge >= 0.3 is 0 Å². The van der Waals surface area contributed by atoms with E-state index >= 15 is 0 Å². The van der Waals surface area contributed by atoms with Gasteiger partial charge in [0.25, 0.3) is 0 Å². The van der Waals surface area contributed by atoms with Crippen LogP contribution in [0.3, 0.4) is 0 Å². The molecular weight excluding hydrogens is 380 g/mol. The quantitative estimate of drug-likeness (QED) is 0.716. The zero-order valence-corrected chi connectivity index (χ0v) is 15.8. The summed E-state index contributed by atoms with van der Waals surface area (Å²) < 4.78 is 35.4. The van der Waals surface area contributed by atoms with Crippen molar-refractivity contribution in [2.75, 3.05) is 18.2 Å². The van der Waals surface area contributed by atoms with Crippen LogP contribution in [0.4, 0.5) is 0 Å². The molecule has 1 aromatic heterocycles. The predicted octanol–water partition coefficient (Wildman–Crippen LogP) is 2.04. The Bertz CT molecular complexity index is 1100. The molecule has 0 bridgehead atoms. The van der Waals surface area contributed by atoms with E-state index in [1.807, 2.05) is 11.0 Å². The van der Waals surface area contributed by atoms with Crippen LogP contribution in [0.1, 0.15) is 27.9 Å². The largest absolute Gasteiger partial charge is 0.478 e. The van der Waals surface area contributed by atoms with E-state index in [0.29, 0.717) is 36.8 Å². The molecule has 0 aliphatic carbocycles. The van der Waals surface area contributed by atoms with Gasteiger partial charge in [-0.2, -0.15) is 0 Å². The minimum atomic E-state index is -2.98. The Balaban J connectivity index is 1.46. The van der Waals surface area contributed by atoms with E-state index in [2.05, 4.69) is 4.98 Å². The van der Waals surface area contributed by atoms with Crippen molar-refractivity contribution >= 4 is 21.7 Å². The van der Waals surface area contributed by atoms with Gasteiger partial charge in [0.15, 0.2) is 15.6 Å². The van der Waals surface area contributed by atoms with Gasteiger partial charge in [-0.15, -0.1) is 0 Å². The summed E-state index contributed by atoms with van der Waals surface area (Å²) in [6.45, 7) is 0.824. The Labute approximate surface area is 162 Å². The fourth-order valence-corrected chi connectivity index (χ4v) is 5.65. The van der Waals surface area contributed by atoms with Crippen LogP contribution in [0, 0.1) is 0 Å². The summed E-state index contributed by atoms with van der Waals surface area (Å²) in [5, 5.41) is 0. The molecular formula is C20H18N2O5S. The molecule has 3 aliphatic heterocycles. The summed E-state index contributed by atoms with van der Waals surface area (Å²) >= 11 is 0. The lowest BCUT2D eigenvalue weighted by Gasteiger charge is -2.33. The summed E-state index contributed by atoms with van der Waals surface area (Å²) in [4.78, 5) is 18.8. The molecule has 0 saturated carbocycles. The van der Waals surface area contributed by atoms with Crippen LogP contribution in [-0.4, -0.2) is 48.4 Å². The normalized spacial score (nSPS) is 24.5. The van der Waals surface area contributed by atoms with Crippen LogP contribution in [-0.2, 0) is 16.4 Å². The number of nitrogens with zero attached hydrogens (tertiary/aromatic N) is 2. The molecule has 0 spiro atoms. The summed E-state index contributed by atoms with van der Waals surface area (Å²) in [6.07, 6.45) is 5.60. The summed E-state index contributed by atoms with van der Waals surface area (Å²) in [6, 6.07) is 7.07. The first-order valence-electron chi connectivity index (χ1n) is 9.08. The number of aromatic nitrogens is 1. The third kappa shape index (κ3) is 2.98. The van der Waals surface area contributed by atoms with Gasteiger partial charge in [-0.3, -0.25) is 14.7 Å². The number of hydrogen-bond donors (Lipinski definition) is 0. The Hall–Kier alpha value is -2.71. The van der Waals surface area contributed by atoms with Gasteiger partial charge in [0, 0.05) is 25.0 Å². The fourth-order valence-electron chi connectivity index (χ4n) is 3.89. The third-order valence-corrected chi connectivity index (χ3v) is 7.10. The van der Waals surface area contributed by atoms with Gasteiger partial charge in [0.2, 0.25) is 5.78 Å². The van der Waals surface area contributed by atoms with Crippen molar-refractivity contribution in [2.45, 2.75) is 19.0 Å². The van der Waals surface area contributed by atoms with E-state index in [0.717, 1.165) is 11.1 Å². The van der Waals surface area contributed by atoms with Crippen LogP contribution < -0.4 is 9.47 Å². The van der Waals surface area contributed by atoms with E-state index in [-0.39, 0.29) is 29.1 Å².